The predicted octanol–water partition coefficient (Wildman–Crippen LogP) is 3.64. The number of unbranched alkanes of at least 4 members (excludes halogenated alkanes) is 3. The lowest BCUT2D eigenvalue weighted by molar-refractivity contribution is 0.455. The lowest BCUT2D eigenvalue weighted by Gasteiger charge is -2.22. The topological polar surface area (TPSA) is 58.3 Å². The van der Waals surface area contributed by atoms with Gasteiger partial charge in [-0.05, 0) is 50.8 Å². The van der Waals surface area contributed by atoms with Crippen molar-refractivity contribution in [2.45, 2.75) is 46.1 Å². The highest BCUT2D eigenvalue weighted by molar-refractivity contribution is 5.79. The van der Waals surface area contributed by atoms with Crippen LogP contribution in [0.15, 0.2) is 42.0 Å². The molecule has 0 bridgehead atoms. The number of aromatic nitrogens is 3. The second-order valence-corrected chi connectivity index (χ2v) is 6.82. The predicted molar refractivity (Wildman–Crippen MR) is 112 cm³/mol. The van der Waals surface area contributed by atoms with Crippen LogP contribution in [0.3, 0.4) is 0 Å². The van der Waals surface area contributed by atoms with Gasteiger partial charge in [0, 0.05) is 39.1 Å². The van der Waals surface area contributed by atoms with Crippen molar-refractivity contribution in [1.82, 2.24) is 25.0 Å². The average Bonchev–Trinajstić information content (AvgIpc) is 3.00. The van der Waals surface area contributed by atoms with Crippen LogP contribution in [-0.2, 0) is 6.54 Å². The van der Waals surface area contributed by atoms with E-state index in [-0.39, 0.29) is 0 Å². The summed E-state index contributed by atoms with van der Waals surface area (Å²) in [6, 6.07) is 6.13. The smallest absolute Gasteiger partial charge is 0.193 e. The minimum Gasteiger partial charge on any atom is -0.352 e. The van der Waals surface area contributed by atoms with Gasteiger partial charge in [0.05, 0.1) is 5.69 Å². The quantitative estimate of drug-likeness (QED) is 0.318. The molecule has 0 aromatic carbocycles. The average molecular weight is 369 g/mol. The van der Waals surface area contributed by atoms with Gasteiger partial charge in [-0.15, -0.1) is 6.58 Å². The highest BCUT2D eigenvalue weighted by Crippen LogP contribution is 2.10. The van der Waals surface area contributed by atoms with Gasteiger partial charge in [0.1, 0.15) is 0 Å². The first-order chi connectivity index (χ1) is 13.0. The fourth-order valence-electron chi connectivity index (χ4n) is 2.99. The van der Waals surface area contributed by atoms with Crippen molar-refractivity contribution < 1.29 is 0 Å². The zero-order valence-corrected chi connectivity index (χ0v) is 17.1. The Hall–Kier alpha value is -2.63. The summed E-state index contributed by atoms with van der Waals surface area (Å²) in [5.41, 5.74) is 3.19. The van der Waals surface area contributed by atoms with Crippen LogP contribution in [0.1, 0.15) is 42.6 Å². The van der Waals surface area contributed by atoms with E-state index in [1.807, 2.05) is 50.0 Å². The van der Waals surface area contributed by atoms with E-state index < -0.39 is 0 Å². The van der Waals surface area contributed by atoms with Crippen LogP contribution in [0.4, 0.5) is 0 Å². The second-order valence-electron chi connectivity index (χ2n) is 6.82. The van der Waals surface area contributed by atoms with Crippen molar-refractivity contribution in [2.24, 2.45) is 4.99 Å². The van der Waals surface area contributed by atoms with E-state index in [1.54, 1.807) is 0 Å². The number of aliphatic imine (C=N–C) groups is 1. The number of allylic oxidation sites excluding steroid dienone is 1. The monoisotopic (exact) mass is 368 g/mol. The third-order valence-electron chi connectivity index (χ3n) is 4.46. The molecule has 6 heteroatoms. The first-order valence-electron chi connectivity index (χ1n) is 9.56. The molecule has 0 aliphatic rings. The number of pyridine rings is 1. The van der Waals surface area contributed by atoms with Gasteiger partial charge in [0.15, 0.2) is 11.8 Å². The largest absolute Gasteiger partial charge is 0.352 e. The highest BCUT2D eigenvalue weighted by Gasteiger charge is 2.07. The molecule has 0 saturated carbocycles. The molecule has 0 unspecified atom stereocenters. The van der Waals surface area contributed by atoms with Gasteiger partial charge in [0.25, 0.3) is 0 Å². The van der Waals surface area contributed by atoms with Gasteiger partial charge >= 0.3 is 0 Å². The molecule has 2 aromatic rings. The van der Waals surface area contributed by atoms with E-state index >= 15 is 0 Å². The first kappa shape index (κ1) is 20.7. The SMILES string of the molecule is C=CCCCCCN(C)C(=NC)NCc1ccc(-n2nc(C)cc2C)nc1. The number of hydrogen-bond acceptors (Lipinski definition) is 3. The summed E-state index contributed by atoms with van der Waals surface area (Å²) in [6.07, 6.45) is 8.54. The Kier molecular flexibility index (Phi) is 8.04. The maximum Gasteiger partial charge on any atom is 0.193 e. The molecule has 0 aliphatic carbocycles. The maximum atomic E-state index is 4.55. The molecule has 0 saturated heterocycles. The molecule has 6 nitrogen and oxygen atoms in total. The summed E-state index contributed by atoms with van der Waals surface area (Å²) in [4.78, 5) is 11.1. The molecule has 2 aromatic heterocycles. The molecule has 2 heterocycles. The van der Waals surface area contributed by atoms with Crippen LogP contribution >= 0.6 is 0 Å². The summed E-state index contributed by atoms with van der Waals surface area (Å²) in [7, 11) is 3.90. The molecule has 0 radical (unpaired) electrons. The van der Waals surface area contributed by atoms with Crippen molar-refractivity contribution in [3.63, 3.8) is 0 Å². The standard InChI is InChI=1S/C21H32N6/c1-6-7-8-9-10-13-26(5)21(22-4)24-16-19-11-12-20(23-15-19)27-18(3)14-17(2)25-27/h6,11-12,14-15H,1,7-10,13,16H2,2-5H3,(H,22,24). The Morgan fingerprint density at radius 3 is 2.70 bits per heavy atom. The number of nitrogens with zero attached hydrogens (tertiary/aromatic N) is 5. The van der Waals surface area contributed by atoms with Crippen LogP contribution in [0.5, 0.6) is 0 Å². The third-order valence-corrected chi connectivity index (χ3v) is 4.46. The van der Waals surface area contributed by atoms with Gasteiger partial charge in [-0.3, -0.25) is 4.99 Å². The van der Waals surface area contributed by atoms with E-state index in [1.165, 1.54) is 12.8 Å². The Morgan fingerprint density at radius 2 is 2.11 bits per heavy atom. The Labute approximate surface area is 163 Å². The summed E-state index contributed by atoms with van der Waals surface area (Å²) in [6.45, 7) is 9.48. The fraction of sp³-hybridized carbons (Fsp3) is 0.476. The van der Waals surface area contributed by atoms with Crippen LogP contribution in [0, 0.1) is 13.8 Å². The molecule has 146 valence electrons. The second kappa shape index (κ2) is 10.5. The maximum absolute atomic E-state index is 4.55. The summed E-state index contributed by atoms with van der Waals surface area (Å²) >= 11 is 0. The van der Waals surface area contributed by atoms with Gasteiger partial charge in [-0.25, -0.2) is 9.67 Å². The fourth-order valence-corrected chi connectivity index (χ4v) is 2.99. The van der Waals surface area contributed by atoms with Crippen molar-refractivity contribution in [3.8, 4) is 5.82 Å². The Bertz CT molecular complexity index is 745. The van der Waals surface area contributed by atoms with E-state index in [2.05, 4.69) is 45.0 Å². The van der Waals surface area contributed by atoms with Gasteiger partial charge < -0.3 is 10.2 Å². The van der Waals surface area contributed by atoms with E-state index in [9.17, 15) is 0 Å². The third kappa shape index (κ3) is 6.24. The van der Waals surface area contributed by atoms with Gasteiger partial charge in [-0.2, -0.15) is 5.10 Å². The van der Waals surface area contributed by atoms with Crippen molar-refractivity contribution in [1.29, 1.82) is 0 Å². The highest BCUT2D eigenvalue weighted by atomic mass is 15.3. The Morgan fingerprint density at radius 1 is 1.30 bits per heavy atom. The minimum absolute atomic E-state index is 0.692. The summed E-state index contributed by atoms with van der Waals surface area (Å²) in [5.74, 6) is 1.74. The van der Waals surface area contributed by atoms with Gasteiger partial charge in [0.2, 0.25) is 0 Å². The minimum atomic E-state index is 0.692. The molecule has 0 amide bonds. The van der Waals surface area contributed by atoms with Crippen LogP contribution in [0.2, 0.25) is 0 Å². The van der Waals surface area contributed by atoms with Crippen LogP contribution < -0.4 is 5.32 Å². The first-order valence-corrected chi connectivity index (χ1v) is 9.56. The molecule has 27 heavy (non-hydrogen) atoms. The van der Waals surface area contributed by atoms with E-state index in [0.29, 0.717) is 6.54 Å². The Balaban J connectivity index is 1.85. The number of nitrogens with one attached hydrogen (secondary N) is 1. The van der Waals surface area contributed by atoms with Gasteiger partial charge in [-0.1, -0.05) is 18.6 Å². The molecule has 2 rings (SSSR count). The van der Waals surface area contributed by atoms with Crippen molar-refractivity contribution >= 4 is 5.96 Å². The van der Waals surface area contributed by atoms with Crippen LogP contribution in [-0.4, -0.2) is 46.3 Å². The lowest BCUT2D eigenvalue weighted by atomic mass is 10.2. The zero-order chi connectivity index (χ0) is 19.6. The molecular weight excluding hydrogens is 336 g/mol. The van der Waals surface area contributed by atoms with Crippen molar-refractivity contribution in [3.05, 3.63) is 54.0 Å². The number of hydrogen-bond donors (Lipinski definition) is 1. The van der Waals surface area contributed by atoms with E-state index in [4.69, 9.17) is 0 Å². The molecule has 0 spiro atoms. The lowest BCUT2D eigenvalue weighted by Crippen LogP contribution is -2.39. The number of guanidine groups is 1. The zero-order valence-electron chi connectivity index (χ0n) is 17.1. The van der Waals surface area contributed by atoms with Crippen molar-refractivity contribution in [2.75, 3.05) is 20.6 Å². The molecule has 1 N–H and O–H groups in total. The molecule has 0 aliphatic heterocycles. The summed E-state index contributed by atoms with van der Waals surface area (Å²) in [5, 5.41) is 7.88. The molecule has 0 fully saturated rings. The normalized spacial score (nSPS) is 11.5. The van der Waals surface area contributed by atoms with Crippen LogP contribution in [0.25, 0.3) is 5.82 Å². The molecule has 0 atom stereocenters. The summed E-state index contributed by atoms with van der Waals surface area (Å²) < 4.78 is 1.87. The number of aryl methyl sites for hydroxylation is 2. The number of rotatable bonds is 9. The molecular formula is C21H32N6. The van der Waals surface area contributed by atoms with E-state index in [0.717, 1.165) is 48.1 Å².